The van der Waals surface area contributed by atoms with Crippen LogP contribution >= 0.6 is 0 Å². The Morgan fingerprint density at radius 1 is 1.07 bits per heavy atom. The zero-order chi connectivity index (χ0) is 20.9. The molecule has 7 heteroatoms. The summed E-state index contributed by atoms with van der Waals surface area (Å²) in [6, 6.07) is 14.7. The second kappa shape index (κ2) is 8.98. The van der Waals surface area contributed by atoms with E-state index in [0.29, 0.717) is 28.9 Å². The molecule has 0 bridgehead atoms. The smallest absolute Gasteiger partial charge is 0.306 e. The number of aryl methyl sites for hydroxylation is 1. The third-order valence-corrected chi connectivity index (χ3v) is 5.02. The van der Waals surface area contributed by atoms with Crippen molar-refractivity contribution in [1.29, 1.82) is 0 Å². The fraction of sp³-hybridized carbons (Fsp3) is 0.348. The molecule has 1 saturated carbocycles. The van der Waals surface area contributed by atoms with Gasteiger partial charge in [0.1, 0.15) is 30.5 Å². The number of carbonyl (C=O) groups excluding carboxylic acids is 1. The first-order valence-corrected chi connectivity index (χ1v) is 10.1. The molecule has 0 spiro atoms. The predicted octanol–water partition coefficient (Wildman–Crippen LogP) is 3.29. The van der Waals surface area contributed by atoms with E-state index in [0.717, 1.165) is 18.6 Å². The van der Waals surface area contributed by atoms with Crippen LogP contribution in [0.3, 0.4) is 0 Å². The number of fused-ring (bicyclic) bond motifs is 1. The van der Waals surface area contributed by atoms with Gasteiger partial charge in [-0.1, -0.05) is 12.1 Å². The fourth-order valence-corrected chi connectivity index (χ4v) is 3.35. The Kier molecular flexibility index (Phi) is 5.97. The lowest BCUT2D eigenvalue weighted by molar-refractivity contribution is -0.144. The molecule has 0 saturated heterocycles. The summed E-state index contributed by atoms with van der Waals surface area (Å²) in [5, 5.41) is 0.617. The lowest BCUT2D eigenvalue weighted by Crippen LogP contribution is -2.25. The highest BCUT2D eigenvalue weighted by Crippen LogP contribution is 2.34. The summed E-state index contributed by atoms with van der Waals surface area (Å²) < 4.78 is 17.7. The van der Waals surface area contributed by atoms with Crippen LogP contribution in [0.1, 0.15) is 31.1 Å². The van der Waals surface area contributed by atoms with Crippen LogP contribution in [-0.2, 0) is 16.0 Å². The second-order valence-corrected chi connectivity index (χ2v) is 7.20. The fourth-order valence-electron chi connectivity index (χ4n) is 3.35. The molecule has 1 aliphatic rings. The summed E-state index contributed by atoms with van der Waals surface area (Å²) in [5.74, 6) is 1.74. The van der Waals surface area contributed by atoms with Crippen molar-refractivity contribution in [2.24, 2.45) is 0 Å². The van der Waals surface area contributed by atoms with E-state index < -0.39 is 0 Å². The van der Waals surface area contributed by atoms with Crippen LogP contribution in [0.4, 0.5) is 0 Å². The number of carbonyl (C=O) groups is 1. The second-order valence-electron chi connectivity index (χ2n) is 7.20. The van der Waals surface area contributed by atoms with Gasteiger partial charge in [0.2, 0.25) is 0 Å². The van der Waals surface area contributed by atoms with Crippen LogP contribution in [0.2, 0.25) is 0 Å². The molecule has 0 amide bonds. The van der Waals surface area contributed by atoms with Gasteiger partial charge < -0.3 is 14.2 Å². The van der Waals surface area contributed by atoms with Gasteiger partial charge in [-0.3, -0.25) is 14.2 Å². The van der Waals surface area contributed by atoms with Gasteiger partial charge in [0.15, 0.2) is 0 Å². The standard InChI is InChI=1S/C23H24N2O5/c1-28-17-8-10-18(11-9-17)29-14-15-30-22(26)13-12-21-24-20-5-3-2-4-19(20)23(27)25(21)16-6-7-16/h2-5,8-11,16H,6-7,12-15H2,1H3. The van der Waals surface area contributed by atoms with Gasteiger partial charge in [-0.25, -0.2) is 4.98 Å². The average Bonchev–Trinajstić information content (AvgIpc) is 3.61. The van der Waals surface area contributed by atoms with Crippen molar-refractivity contribution < 1.29 is 19.0 Å². The summed E-state index contributed by atoms with van der Waals surface area (Å²) >= 11 is 0. The van der Waals surface area contributed by atoms with Crippen LogP contribution in [0.25, 0.3) is 10.9 Å². The molecular weight excluding hydrogens is 384 g/mol. The molecule has 0 aliphatic heterocycles. The molecular formula is C23H24N2O5. The monoisotopic (exact) mass is 408 g/mol. The quantitative estimate of drug-likeness (QED) is 0.399. The predicted molar refractivity (Wildman–Crippen MR) is 112 cm³/mol. The Bertz CT molecular complexity index is 1090. The van der Waals surface area contributed by atoms with E-state index in [2.05, 4.69) is 4.98 Å². The van der Waals surface area contributed by atoms with Crippen LogP contribution < -0.4 is 15.0 Å². The van der Waals surface area contributed by atoms with Crippen molar-refractivity contribution in [3.05, 3.63) is 64.7 Å². The van der Waals surface area contributed by atoms with E-state index >= 15 is 0 Å². The van der Waals surface area contributed by atoms with Crippen molar-refractivity contribution in [2.45, 2.75) is 31.7 Å². The van der Waals surface area contributed by atoms with Crippen molar-refractivity contribution >= 4 is 16.9 Å². The van der Waals surface area contributed by atoms with Crippen LogP contribution in [0.5, 0.6) is 11.5 Å². The molecule has 1 fully saturated rings. The molecule has 156 valence electrons. The minimum Gasteiger partial charge on any atom is -0.497 e. The van der Waals surface area contributed by atoms with Crippen molar-refractivity contribution in [3.8, 4) is 11.5 Å². The van der Waals surface area contributed by atoms with Gasteiger partial charge in [0, 0.05) is 12.5 Å². The maximum atomic E-state index is 12.8. The molecule has 4 rings (SSSR count). The Morgan fingerprint density at radius 2 is 1.80 bits per heavy atom. The van der Waals surface area contributed by atoms with Crippen LogP contribution in [0, 0.1) is 0 Å². The number of hydrogen-bond acceptors (Lipinski definition) is 6. The molecule has 0 radical (unpaired) electrons. The van der Waals surface area contributed by atoms with E-state index in [-0.39, 0.29) is 37.2 Å². The summed E-state index contributed by atoms with van der Waals surface area (Å²) in [4.78, 5) is 29.6. The Hall–Kier alpha value is -3.35. The Morgan fingerprint density at radius 3 is 2.53 bits per heavy atom. The Balaban J connectivity index is 1.31. The van der Waals surface area contributed by atoms with Gasteiger partial charge in [-0.05, 0) is 49.2 Å². The highest BCUT2D eigenvalue weighted by Gasteiger charge is 2.28. The van der Waals surface area contributed by atoms with Crippen LogP contribution in [0.15, 0.2) is 53.3 Å². The lowest BCUT2D eigenvalue weighted by Gasteiger charge is -2.13. The number of esters is 1. The highest BCUT2D eigenvalue weighted by atomic mass is 16.6. The minimum absolute atomic E-state index is 0.0284. The van der Waals surface area contributed by atoms with Crippen molar-refractivity contribution in [2.75, 3.05) is 20.3 Å². The molecule has 30 heavy (non-hydrogen) atoms. The van der Waals surface area contributed by atoms with Crippen molar-refractivity contribution in [3.63, 3.8) is 0 Å². The molecule has 0 unspecified atom stereocenters. The molecule has 3 aromatic rings. The average molecular weight is 408 g/mol. The van der Waals surface area contributed by atoms with E-state index in [1.807, 2.05) is 18.2 Å². The van der Waals surface area contributed by atoms with E-state index in [9.17, 15) is 9.59 Å². The Labute approximate surface area is 174 Å². The van der Waals surface area contributed by atoms with E-state index in [1.165, 1.54) is 0 Å². The van der Waals surface area contributed by atoms with Crippen molar-refractivity contribution in [1.82, 2.24) is 9.55 Å². The molecule has 0 N–H and O–H groups in total. The molecule has 1 heterocycles. The minimum atomic E-state index is -0.335. The number of aromatic nitrogens is 2. The number of para-hydroxylation sites is 1. The number of nitrogens with zero attached hydrogens (tertiary/aromatic N) is 2. The molecule has 7 nitrogen and oxygen atoms in total. The number of hydrogen-bond donors (Lipinski definition) is 0. The number of rotatable bonds is 9. The zero-order valence-electron chi connectivity index (χ0n) is 16.9. The SMILES string of the molecule is COc1ccc(OCCOC(=O)CCc2nc3ccccc3c(=O)n2C2CC2)cc1. The molecule has 1 aliphatic carbocycles. The molecule has 0 atom stereocenters. The summed E-state index contributed by atoms with van der Waals surface area (Å²) in [7, 11) is 1.60. The first-order chi connectivity index (χ1) is 14.7. The summed E-state index contributed by atoms with van der Waals surface area (Å²) in [5.41, 5.74) is 0.634. The highest BCUT2D eigenvalue weighted by molar-refractivity contribution is 5.77. The van der Waals surface area contributed by atoms with Gasteiger partial charge >= 0.3 is 5.97 Å². The van der Waals surface area contributed by atoms with Crippen LogP contribution in [-0.4, -0.2) is 35.8 Å². The third-order valence-electron chi connectivity index (χ3n) is 5.02. The normalized spacial score (nSPS) is 13.2. The maximum Gasteiger partial charge on any atom is 0.306 e. The first kappa shape index (κ1) is 19.9. The van der Waals surface area contributed by atoms with Gasteiger partial charge in [0.05, 0.1) is 24.4 Å². The third kappa shape index (κ3) is 4.62. The summed E-state index contributed by atoms with van der Waals surface area (Å²) in [6.45, 7) is 0.421. The van der Waals surface area contributed by atoms with Gasteiger partial charge in [0.25, 0.3) is 5.56 Å². The van der Waals surface area contributed by atoms with Gasteiger partial charge in [-0.15, -0.1) is 0 Å². The molecule has 1 aromatic heterocycles. The summed E-state index contributed by atoms with van der Waals surface area (Å²) in [6.07, 6.45) is 2.48. The number of ether oxygens (including phenoxy) is 3. The largest absolute Gasteiger partial charge is 0.497 e. The van der Waals surface area contributed by atoms with E-state index in [1.54, 1.807) is 42.0 Å². The number of benzene rings is 2. The maximum absolute atomic E-state index is 12.8. The number of methoxy groups -OCH3 is 1. The van der Waals surface area contributed by atoms with E-state index in [4.69, 9.17) is 14.2 Å². The van der Waals surface area contributed by atoms with Gasteiger partial charge in [-0.2, -0.15) is 0 Å². The topological polar surface area (TPSA) is 79.7 Å². The zero-order valence-corrected chi connectivity index (χ0v) is 16.9. The first-order valence-electron chi connectivity index (χ1n) is 10.1. The lowest BCUT2D eigenvalue weighted by atomic mass is 10.2. The molecule has 2 aromatic carbocycles.